The van der Waals surface area contributed by atoms with E-state index in [9.17, 15) is 20.0 Å². The standard InChI is InChI=1S/C33H37N3O4/c1-2-10-29-14-8-9-16-36(29)31(38)27-17-26(30-15-7-6-13-25(30)21-34)18-28(19-27)32(39)40-23-33(35,22-37)20-24-11-4-3-5-12-24/h3-7,11-13,15,17-19,29,37H,2,8-10,14,16,20,22-23,35H2,1H3. The summed E-state index contributed by atoms with van der Waals surface area (Å²) in [6, 6.07) is 23.9. The van der Waals surface area contributed by atoms with Gasteiger partial charge in [0.15, 0.2) is 0 Å². The highest BCUT2D eigenvalue weighted by Gasteiger charge is 2.30. The smallest absolute Gasteiger partial charge is 0.338 e. The van der Waals surface area contributed by atoms with Crippen LogP contribution in [0.4, 0.5) is 0 Å². The zero-order valence-electron chi connectivity index (χ0n) is 23.0. The Bertz CT molecular complexity index is 1370. The Labute approximate surface area is 236 Å². The molecule has 0 bridgehead atoms. The maximum atomic E-state index is 13.8. The highest BCUT2D eigenvalue weighted by molar-refractivity contribution is 6.00. The molecule has 0 saturated carbocycles. The number of amides is 1. The predicted octanol–water partition coefficient (Wildman–Crippen LogP) is 5.11. The van der Waals surface area contributed by atoms with E-state index in [0.29, 0.717) is 35.2 Å². The Morgan fingerprint density at radius 2 is 1.80 bits per heavy atom. The van der Waals surface area contributed by atoms with E-state index >= 15 is 0 Å². The van der Waals surface area contributed by atoms with Gasteiger partial charge in [-0.25, -0.2) is 4.79 Å². The van der Waals surface area contributed by atoms with Crippen molar-refractivity contribution in [3.8, 4) is 17.2 Å². The molecule has 3 aromatic carbocycles. The van der Waals surface area contributed by atoms with Crippen molar-refractivity contribution in [3.05, 3.63) is 95.1 Å². The lowest BCUT2D eigenvalue weighted by Gasteiger charge is -2.36. The van der Waals surface area contributed by atoms with Gasteiger partial charge in [-0.15, -0.1) is 0 Å². The molecule has 3 aromatic rings. The van der Waals surface area contributed by atoms with E-state index in [1.807, 2.05) is 41.3 Å². The number of aliphatic hydroxyl groups is 1. The lowest BCUT2D eigenvalue weighted by molar-refractivity contribution is 0.0331. The fourth-order valence-electron chi connectivity index (χ4n) is 5.37. The number of piperidine rings is 1. The molecule has 3 N–H and O–H groups in total. The minimum Gasteiger partial charge on any atom is -0.460 e. The number of nitrogens with zero attached hydrogens (tertiary/aromatic N) is 2. The Balaban J connectivity index is 1.65. The number of likely N-dealkylation sites (tertiary alicyclic amines) is 1. The van der Waals surface area contributed by atoms with E-state index < -0.39 is 11.5 Å². The van der Waals surface area contributed by atoms with Crippen LogP contribution >= 0.6 is 0 Å². The summed E-state index contributed by atoms with van der Waals surface area (Å²) < 4.78 is 5.63. The molecule has 1 heterocycles. The highest BCUT2D eigenvalue weighted by Crippen LogP contribution is 2.29. The van der Waals surface area contributed by atoms with E-state index in [1.165, 1.54) is 0 Å². The summed E-state index contributed by atoms with van der Waals surface area (Å²) >= 11 is 0. The second-order valence-electron chi connectivity index (χ2n) is 10.7. The van der Waals surface area contributed by atoms with Gasteiger partial charge in [-0.3, -0.25) is 4.79 Å². The Hall–Kier alpha value is -3.99. The largest absolute Gasteiger partial charge is 0.460 e. The van der Waals surface area contributed by atoms with Crippen LogP contribution < -0.4 is 5.73 Å². The number of nitrogens with two attached hydrogens (primary N) is 1. The molecule has 1 amide bonds. The van der Waals surface area contributed by atoms with Gasteiger partial charge in [0.05, 0.1) is 29.3 Å². The first-order valence-electron chi connectivity index (χ1n) is 13.9. The van der Waals surface area contributed by atoms with Gasteiger partial charge in [0.25, 0.3) is 5.91 Å². The lowest BCUT2D eigenvalue weighted by Crippen LogP contribution is -2.50. The number of carbonyl (C=O) groups is 2. The molecule has 4 rings (SSSR count). The Morgan fingerprint density at radius 3 is 2.52 bits per heavy atom. The van der Waals surface area contributed by atoms with Gasteiger partial charge >= 0.3 is 5.97 Å². The van der Waals surface area contributed by atoms with E-state index in [4.69, 9.17) is 10.5 Å². The van der Waals surface area contributed by atoms with Crippen LogP contribution in [0.2, 0.25) is 0 Å². The number of ether oxygens (including phenoxy) is 1. The van der Waals surface area contributed by atoms with Crippen LogP contribution in [0.15, 0.2) is 72.8 Å². The maximum Gasteiger partial charge on any atom is 0.338 e. The topological polar surface area (TPSA) is 117 Å². The highest BCUT2D eigenvalue weighted by atomic mass is 16.5. The molecule has 0 aromatic heterocycles. The van der Waals surface area contributed by atoms with Gasteiger partial charge in [0.2, 0.25) is 0 Å². The van der Waals surface area contributed by atoms with Crippen LogP contribution in [0.3, 0.4) is 0 Å². The van der Waals surface area contributed by atoms with E-state index in [-0.39, 0.29) is 30.7 Å². The monoisotopic (exact) mass is 539 g/mol. The molecule has 7 nitrogen and oxygen atoms in total. The molecule has 40 heavy (non-hydrogen) atoms. The molecular weight excluding hydrogens is 502 g/mol. The first-order chi connectivity index (χ1) is 19.4. The minimum atomic E-state index is -1.16. The average Bonchev–Trinajstić information content (AvgIpc) is 3.00. The molecule has 2 unspecified atom stereocenters. The maximum absolute atomic E-state index is 13.8. The molecule has 1 aliphatic rings. The summed E-state index contributed by atoms with van der Waals surface area (Å²) in [5.41, 5.74) is 8.39. The number of nitriles is 1. The lowest BCUT2D eigenvalue weighted by atomic mass is 9.93. The summed E-state index contributed by atoms with van der Waals surface area (Å²) in [7, 11) is 0. The summed E-state index contributed by atoms with van der Waals surface area (Å²) in [6.07, 6.45) is 5.24. The van der Waals surface area contributed by atoms with Crippen molar-refractivity contribution >= 4 is 11.9 Å². The van der Waals surface area contributed by atoms with Crippen molar-refractivity contribution in [3.63, 3.8) is 0 Å². The zero-order chi connectivity index (χ0) is 28.5. The fourth-order valence-corrected chi connectivity index (χ4v) is 5.37. The van der Waals surface area contributed by atoms with Gasteiger partial charge in [0.1, 0.15) is 6.61 Å². The van der Waals surface area contributed by atoms with Crippen LogP contribution in [0.1, 0.15) is 70.9 Å². The zero-order valence-corrected chi connectivity index (χ0v) is 23.0. The minimum absolute atomic E-state index is 0.129. The van der Waals surface area contributed by atoms with Crippen LogP contribution in [-0.2, 0) is 11.2 Å². The third-order valence-corrected chi connectivity index (χ3v) is 7.49. The van der Waals surface area contributed by atoms with Crippen molar-refractivity contribution < 1.29 is 19.4 Å². The number of aliphatic hydroxyl groups excluding tert-OH is 1. The van der Waals surface area contributed by atoms with Crippen molar-refractivity contribution in [1.29, 1.82) is 5.26 Å². The molecule has 0 aliphatic carbocycles. The normalized spacial score (nSPS) is 16.6. The number of benzene rings is 3. The second-order valence-corrected chi connectivity index (χ2v) is 10.7. The van der Waals surface area contributed by atoms with Gasteiger partial charge in [0, 0.05) is 18.2 Å². The number of esters is 1. The fraction of sp³-hybridized carbons (Fsp3) is 0.364. The van der Waals surface area contributed by atoms with Crippen molar-refractivity contribution in [2.75, 3.05) is 19.8 Å². The molecule has 7 heteroatoms. The molecule has 208 valence electrons. The molecule has 1 saturated heterocycles. The summed E-state index contributed by atoms with van der Waals surface area (Å²) in [5.74, 6) is -0.776. The van der Waals surface area contributed by atoms with Crippen LogP contribution in [0.25, 0.3) is 11.1 Å². The van der Waals surface area contributed by atoms with Gasteiger partial charge < -0.3 is 20.5 Å². The Morgan fingerprint density at radius 1 is 1.07 bits per heavy atom. The number of hydrogen-bond acceptors (Lipinski definition) is 6. The van der Waals surface area contributed by atoms with Crippen molar-refractivity contribution in [1.82, 2.24) is 4.90 Å². The van der Waals surface area contributed by atoms with Gasteiger partial charge in [-0.05, 0) is 73.1 Å². The summed E-state index contributed by atoms with van der Waals surface area (Å²) in [6.45, 7) is 2.22. The third kappa shape index (κ3) is 6.95. The molecule has 0 spiro atoms. The van der Waals surface area contributed by atoms with Gasteiger partial charge in [-0.2, -0.15) is 5.26 Å². The first kappa shape index (κ1) is 29.0. The quantitative estimate of drug-likeness (QED) is 0.346. The van der Waals surface area contributed by atoms with E-state index in [0.717, 1.165) is 37.7 Å². The Kier molecular flexibility index (Phi) is 9.70. The molecular formula is C33H37N3O4. The summed E-state index contributed by atoms with van der Waals surface area (Å²) in [5, 5.41) is 19.7. The first-order valence-corrected chi connectivity index (χ1v) is 13.9. The van der Waals surface area contributed by atoms with Crippen LogP contribution in [-0.4, -0.2) is 53.2 Å². The van der Waals surface area contributed by atoms with Crippen molar-refractivity contribution in [2.45, 2.75) is 57.0 Å². The SMILES string of the molecule is CCCC1CCCCN1C(=O)c1cc(C(=O)OCC(N)(CO)Cc2ccccc2)cc(-c2ccccc2C#N)c1. The van der Waals surface area contributed by atoms with E-state index in [1.54, 1.807) is 36.4 Å². The van der Waals surface area contributed by atoms with Gasteiger partial charge in [-0.1, -0.05) is 61.9 Å². The number of hydrogen-bond donors (Lipinski definition) is 2. The molecule has 2 atom stereocenters. The third-order valence-electron chi connectivity index (χ3n) is 7.49. The molecule has 0 radical (unpaired) electrons. The average molecular weight is 540 g/mol. The van der Waals surface area contributed by atoms with Crippen molar-refractivity contribution in [2.24, 2.45) is 5.73 Å². The number of rotatable bonds is 10. The van der Waals surface area contributed by atoms with E-state index in [2.05, 4.69) is 13.0 Å². The predicted molar refractivity (Wildman–Crippen MR) is 155 cm³/mol. The van der Waals surface area contributed by atoms with Crippen LogP contribution in [0, 0.1) is 11.3 Å². The summed E-state index contributed by atoms with van der Waals surface area (Å²) in [4.78, 5) is 29.1. The van der Waals surface area contributed by atoms with Crippen LogP contribution in [0.5, 0.6) is 0 Å². The molecule has 1 aliphatic heterocycles. The number of carbonyl (C=O) groups excluding carboxylic acids is 2. The second kappa shape index (κ2) is 13.4. The molecule has 1 fully saturated rings.